The highest BCUT2D eigenvalue weighted by Crippen LogP contribution is 2.32. The third-order valence-corrected chi connectivity index (χ3v) is 6.24. The number of fused-ring (bicyclic) bond motifs is 1. The van der Waals surface area contributed by atoms with E-state index in [1.54, 1.807) is 4.90 Å². The van der Waals surface area contributed by atoms with Gasteiger partial charge in [-0.25, -0.2) is 0 Å². The maximum atomic E-state index is 12.6. The van der Waals surface area contributed by atoms with E-state index in [-0.39, 0.29) is 11.9 Å². The van der Waals surface area contributed by atoms with Crippen LogP contribution in [-0.2, 0) is 11.2 Å². The standard InChI is InChI=1S/C22H39N7O/c1-5-8-17(4)24-22-25-20(23)18-15-19(30)29(21(18)26-22)10-7-6-9-27-11-13-28(14-12-27)16(2)3/h16-17H,5-15H2,1-4H3,(H3,23,24,25,26)/t17-/m1/s1. The molecule has 1 atom stereocenters. The van der Waals surface area contributed by atoms with Crippen molar-refractivity contribution in [1.29, 1.82) is 0 Å². The molecule has 2 aliphatic heterocycles. The van der Waals surface area contributed by atoms with Crippen LogP contribution in [0.15, 0.2) is 0 Å². The van der Waals surface area contributed by atoms with E-state index in [1.807, 2.05) is 0 Å². The van der Waals surface area contributed by atoms with Crippen LogP contribution in [0.5, 0.6) is 0 Å². The number of rotatable bonds is 10. The highest BCUT2D eigenvalue weighted by atomic mass is 16.2. The molecule has 1 saturated heterocycles. The van der Waals surface area contributed by atoms with E-state index in [4.69, 9.17) is 5.73 Å². The molecule has 1 aromatic rings. The second kappa shape index (κ2) is 10.4. The van der Waals surface area contributed by atoms with Crippen molar-refractivity contribution >= 4 is 23.5 Å². The largest absolute Gasteiger partial charge is 0.383 e. The van der Waals surface area contributed by atoms with Gasteiger partial charge in [-0.3, -0.25) is 14.6 Å². The van der Waals surface area contributed by atoms with Crippen LogP contribution in [0, 0.1) is 0 Å². The summed E-state index contributed by atoms with van der Waals surface area (Å²) in [6.07, 6.45) is 4.48. The lowest BCUT2D eigenvalue weighted by Crippen LogP contribution is -2.49. The van der Waals surface area contributed by atoms with E-state index < -0.39 is 0 Å². The van der Waals surface area contributed by atoms with Crippen molar-refractivity contribution in [3.05, 3.63) is 5.56 Å². The molecule has 3 N–H and O–H groups in total. The number of carbonyl (C=O) groups excluding carboxylic acids is 1. The lowest BCUT2D eigenvalue weighted by atomic mass is 10.2. The minimum Gasteiger partial charge on any atom is -0.383 e. The van der Waals surface area contributed by atoms with Crippen molar-refractivity contribution < 1.29 is 4.79 Å². The molecular weight excluding hydrogens is 378 g/mol. The molecule has 3 rings (SSSR count). The number of nitrogen functional groups attached to an aromatic ring is 1. The lowest BCUT2D eigenvalue weighted by molar-refractivity contribution is -0.117. The Labute approximate surface area is 181 Å². The normalized spacial score (nSPS) is 18.8. The van der Waals surface area contributed by atoms with Crippen molar-refractivity contribution in [3.8, 4) is 0 Å². The monoisotopic (exact) mass is 417 g/mol. The molecule has 0 saturated carbocycles. The molecule has 8 nitrogen and oxygen atoms in total. The molecule has 3 heterocycles. The van der Waals surface area contributed by atoms with Crippen LogP contribution in [0.3, 0.4) is 0 Å². The van der Waals surface area contributed by atoms with Gasteiger partial charge in [-0.1, -0.05) is 13.3 Å². The van der Waals surface area contributed by atoms with Gasteiger partial charge in [-0.15, -0.1) is 0 Å². The molecule has 2 aliphatic rings. The number of carbonyl (C=O) groups is 1. The molecule has 0 spiro atoms. The summed E-state index contributed by atoms with van der Waals surface area (Å²) in [6, 6.07) is 0.904. The van der Waals surface area contributed by atoms with Gasteiger partial charge in [0.25, 0.3) is 0 Å². The summed E-state index contributed by atoms with van der Waals surface area (Å²) in [7, 11) is 0. The molecule has 168 valence electrons. The lowest BCUT2D eigenvalue weighted by Gasteiger charge is -2.37. The van der Waals surface area contributed by atoms with Crippen LogP contribution >= 0.6 is 0 Å². The predicted octanol–water partition coefficient (Wildman–Crippen LogP) is 2.35. The summed E-state index contributed by atoms with van der Waals surface area (Å²) in [6.45, 7) is 15.2. The number of amides is 1. The van der Waals surface area contributed by atoms with Gasteiger partial charge < -0.3 is 16.0 Å². The van der Waals surface area contributed by atoms with E-state index in [9.17, 15) is 4.79 Å². The fourth-order valence-electron chi connectivity index (χ4n) is 4.38. The Hall–Kier alpha value is -1.93. The van der Waals surface area contributed by atoms with Gasteiger partial charge >= 0.3 is 0 Å². The van der Waals surface area contributed by atoms with E-state index in [1.165, 1.54) is 0 Å². The Kier molecular flexibility index (Phi) is 7.88. The summed E-state index contributed by atoms with van der Waals surface area (Å²) in [5.41, 5.74) is 6.93. The number of aromatic nitrogens is 2. The van der Waals surface area contributed by atoms with Crippen LogP contribution in [0.2, 0.25) is 0 Å². The van der Waals surface area contributed by atoms with E-state index in [0.29, 0.717) is 36.6 Å². The highest BCUT2D eigenvalue weighted by Gasteiger charge is 2.31. The summed E-state index contributed by atoms with van der Waals surface area (Å²) < 4.78 is 0. The van der Waals surface area contributed by atoms with Crippen molar-refractivity contribution in [2.45, 2.75) is 71.9 Å². The SMILES string of the molecule is CCC[C@@H](C)Nc1nc(N)c2c(n1)N(CCCCN1CCN(C(C)C)CC1)C(=O)C2. The zero-order valence-corrected chi connectivity index (χ0v) is 19.2. The molecule has 1 amide bonds. The van der Waals surface area contributed by atoms with E-state index >= 15 is 0 Å². The van der Waals surface area contributed by atoms with Crippen LogP contribution in [-0.4, -0.2) is 77.0 Å². The van der Waals surface area contributed by atoms with Gasteiger partial charge in [0.1, 0.15) is 11.6 Å². The maximum absolute atomic E-state index is 12.6. The average molecular weight is 418 g/mol. The van der Waals surface area contributed by atoms with Gasteiger partial charge in [-0.05, 0) is 46.6 Å². The number of anilines is 3. The van der Waals surface area contributed by atoms with Crippen molar-refractivity contribution in [1.82, 2.24) is 19.8 Å². The molecule has 0 aliphatic carbocycles. The zero-order valence-electron chi connectivity index (χ0n) is 19.2. The molecule has 8 heteroatoms. The smallest absolute Gasteiger partial charge is 0.232 e. The Morgan fingerprint density at radius 1 is 1.07 bits per heavy atom. The first-order chi connectivity index (χ1) is 14.4. The van der Waals surface area contributed by atoms with E-state index in [2.05, 4.69) is 52.8 Å². The summed E-state index contributed by atoms with van der Waals surface area (Å²) in [5, 5.41) is 3.32. The second-order valence-corrected chi connectivity index (χ2v) is 8.97. The van der Waals surface area contributed by atoms with Crippen LogP contribution < -0.4 is 16.0 Å². The summed E-state index contributed by atoms with van der Waals surface area (Å²) in [4.78, 5) is 28.5. The third-order valence-electron chi connectivity index (χ3n) is 6.24. The molecule has 30 heavy (non-hydrogen) atoms. The Morgan fingerprint density at radius 2 is 1.77 bits per heavy atom. The second-order valence-electron chi connectivity index (χ2n) is 8.97. The van der Waals surface area contributed by atoms with Crippen molar-refractivity contribution in [2.75, 3.05) is 55.2 Å². The van der Waals surface area contributed by atoms with Crippen LogP contribution in [0.25, 0.3) is 0 Å². The number of hydrogen-bond donors (Lipinski definition) is 2. The molecule has 1 fully saturated rings. The minimum absolute atomic E-state index is 0.0790. The zero-order chi connectivity index (χ0) is 21.7. The van der Waals surface area contributed by atoms with Crippen molar-refractivity contribution in [2.24, 2.45) is 0 Å². The number of nitrogens with one attached hydrogen (secondary N) is 1. The minimum atomic E-state index is 0.0790. The molecular formula is C22H39N7O. The van der Waals surface area contributed by atoms with Crippen LogP contribution in [0.1, 0.15) is 58.9 Å². The van der Waals surface area contributed by atoms with Crippen LogP contribution in [0.4, 0.5) is 17.6 Å². The molecule has 0 bridgehead atoms. The topological polar surface area (TPSA) is 90.6 Å². The number of piperazine rings is 1. The summed E-state index contributed by atoms with van der Waals surface area (Å²) >= 11 is 0. The molecule has 0 aromatic carbocycles. The predicted molar refractivity (Wildman–Crippen MR) is 123 cm³/mol. The third kappa shape index (κ3) is 5.60. The maximum Gasteiger partial charge on any atom is 0.232 e. The first kappa shape index (κ1) is 22.7. The number of hydrogen-bond acceptors (Lipinski definition) is 7. The summed E-state index contributed by atoms with van der Waals surface area (Å²) in [5.74, 6) is 1.72. The fraction of sp³-hybridized carbons (Fsp3) is 0.773. The van der Waals surface area contributed by atoms with Gasteiger partial charge in [-0.2, -0.15) is 9.97 Å². The Bertz CT molecular complexity index is 716. The number of nitrogens with zero attached hydrogens (tertiary/aromatic N) is 5. The van der Waals surface area contributed by atoms with Crippen molar-refractivity contribution in [3.63, 3.8) is 0 Å². The number of unbranched alkanes of at least 4 members (excludes halogenated alkanes) is 1. The quantitative estimate of drug-likeness (QED) is 0.565. The molecule has 0 unspecified atom stereocenters. The average Bonchev–Trinajstić information content (AvgIpc) is 3.02. The van der Waals surface area contributed by atoms with Gasteiger partial charge in [0, 0.05) is 50.4 Å². The molecule has 1 aromatic heterocycles. The van der Waals surface area contributed by atoms with Gasteiger partial charge in [0.15, 0.2) is 0 Å². The Morgan fingerprint density at radius 3 is 2.43 bits per heavy atom. The fourth-order valence-corrected chi connectivity index (χ4v) is 4.38. The first-order valence-electron chi connectivity index (χ1n) is 11.6. The Balaban J connectivity index is 1.51. The highest BCUT2D eigenvalue weighted by molar-refractivity contribution is 6.01. The number of nitrogens with two attached hydrogens (primary N) is 1. The molecule has 0 radical (unpaired) electrons. The van der Waals surface area contributed by atoms with E-state index in [0.717, 1.165) is 64.0 Å². The van der Waals surface area contributed by atoms with Gasteiger partial charge in [0.05, 0.1) is 6.42 Å². The van der Waals surface area contributed by atoms with Gasteiger partial charge in [0.2, 0.25) is 11.9 Å². The first-order valence-corrected chi connectivity index (χ1v) is 11.6.